The van der Waals surface area contributed by atoms with Gasteiger partial charge < -0.3 is 15.8 Å². The molecule has 0 saturated carbocycles. The summed E-state index contributed by atoms with van der Waals surface area (Å²) in [7, 11) is 0. The first-order valence-electron chi connectivity index (χ1n) is 7.41. The van der Waals surface area contributed by atoms with Gasteiger partial charge in [0.2, 0.25) is 0 Å². The number of carbonyl (C=O) groups is 2. The molecule has 0 aliphatic rings. The van der Waals surface area contributed by atoms with Gasteiger partial charge in [0.1, 0.15) is 5.75 Å². The molecule has 3 N–H and O–H groups in total. The zero-order chi connectivity index (χ0) is 16.7. The van der Waals surface area contributed by atoms with E-state index in [0.717, 1.165) is 5.56 Å². The molecule has 2 rings (SSSR count). The van der Waals surface area contributed by atoms with Crippen LogP contribution in [0.15, 0.2) is 54.6 Å². The maximum atomic E-state index is 11.9. The molecule has 0 aliphatic carbocycles. The van der Waals surface area contributed by atoms with Crippen molar-refractivity contribution in [2.75, 3.05) is 13.2 Å². The number of benzene rings is 2. The highest BCUT2D eigenvalue weighted by atomic mass is 16.5. The molecule has 1 atom stereocenters. The van der Waals surface area contributed by atoms with Crippen molar-refractivity contribution in [1.82, 2.24) is 5.32 Å². The van der Waals surface area contributed by atoms with Crippen molar-refractivity contribution in [2.45, 2.75) is 12.8 Å². The molecule has 5 nitrogen and oxygen atoms in total. The monoisotopic (exact) mass is 312 g/mol. The van der Waals surface area contributed by atoms with Crippen LogP contribution in [0, 0.1) is 0 Å². The van der Waals surface area contributed by atoms with E-state index >= 15 is 0 Å². The molecule has 2 aromatic rings. The van der Waals surface area contributed by atoms with E-state index in [4.69, 9.17) is 10.5 Å². The lowest BCUT2D eigenvalue weighted by Gasteiger charge is -2.14. The van der Waals surface area contributed by atoms with Crippen molar-refractivity contribution >= 4 is 11.8 Å². The summed E-state index contributed by atoms with van der Waals surface area (Å²) in [5, 5.41) is 2.82. The van der Waals surface area contributed by atoms with Crippen molar-refractivity contribution in [2.24, 2.45) is 5.73 Å². The van der Waals surface area contributed by atoms with Gasteiger partial charge in [0.25, 0.3) is 11.8 Å². The topological polar surface area (TPSA) is 81.4 Å². The first-order chi connectivity index (χ1) is 11.1. The number of ether oxygens (including phenoxy) is 1. The van der Waals surface area contributed by atoms with Crippen LogP contribution in [-0.4, -0.2) is 25.0 Å². The normalized spacial score (nSPS) is 11.5. The molecule has 120 valence electrons. The molecule has 0 aromatic heterocycles. The van der Waals surface area contributed by atoms with Crippen LogP contribution in [0.4, 0.5) is 0 Å². The van der Waals surface area contributed by atoms with Gasteiger partial charge in [0.05, 0.1) is 5.56 Å². The van der Waals surface area contributed by atoms with Crippen LogP contribution in [0.5, 0.6) is 5.75 Å². The van der Waals surface area contributed by atoms with Crippen LogP contribution in [0.2, 0.25) is 0 Å². The SMILES string of the molecule is C[C@@H](CNC(=O)COc1ccccc1C(N)=O)c1ccccc1. The molecule has 0 bridgehead atoms. The molecular formula is C18H20N2O3. The zero-order valence-corrected chi connectivity index (χ0v) is 13.0. The number of rotatable bonds is 7. The predicted octanol–water partition coefficient (Wildman–Crippen LogP) is 2.08. The second kappa shape index (κ2) is 7.98. The van der Waals surface area contributed by atoms with Crippen LogP contribution in [-0.2, 0) is 4.79 Å². The third-order valence-corrected chi connectivity index (χ3v) is 3.49. The maximum Gasteiger partial charge on any atom is 0.257 e. The molecular weight excluding hydrogens is 292 g/mol. The van der Waals surface area contributed by atoms with E-state index in [-0.39, 0.29) is 24.0 Å². The lowest BCUT2D eigenvalue weighted by molar-refractivity contribution is -0.123. The Morgan fingerprint density at radius 2 is 1.74 bits per heavy atom. The van der Waals surface area contributed by atoms with Gasteiger partial charge in [-0.05, 0) is 23.6 Å². The highest BCUT2D eigenvalue weighted by Crippen LogP contribution is 2.17. The summed E-state index contributed by atoms with van der Waals surface area (Å²) in [6.07, 6.45) is 0. The minimum Gasteiger partial charge on any atom is -0.483 e. The fourth-order valence-electron chi connectivity index (χ4n) is 2.16. The first-order valence-corrected chi connectivity index (χ1v) is 7.41. The van der Waals surface area contributed by atoms with Crippen LogP contribution >= 0.6 is 0 Å². The van der Waals surface area contributed by atoms with E-state index in [1.807, 2.05) is 37.3 Å². The van der Waals surface area contributed by atoms with Gasteiger partial charge in [-0.15, -0.1) is 0 Å². The standard InChI is InChI=1S/C18H20N2O3/c1-13(14-7-3-2-4-8-14)11-20-17(21)12-23-16-10-6-5-9-15(16)18(19)22/h2-10,13H,11-12H2,1H3,(H2,19,22)(H,20,21)/t13-/m0/s1. The van der Waals surface area contributed by atoms with E-state index in [9.17, 15) is 9.59 Å². The van der Waals surface area contributed by atoms with Crippen LogP contribution in [0.25, 0.3) is 0 Å². The summed E-state index contributed by atoms with van der Waals surface area (Å²) in [5.41, 5.74) is 6.69. The Morgan fingerprint density at radius 1 is 1.09 bits per heavy atom. The minimum atomic E-state index is -0.585. The quantitative estimate of drug-likeness (QED) is 0.821. The van der Waals surface area contributed by atoms with Crippen LogP contribution in [0.1, 0.15) is 28.8 Å². The van der Waals surface area contributed by atoms with Crippen molar-refractivity contribution in [3.05, 3.63) is 65.7 Å². The molecule has 2 amide bonds. The van der Waals surface area contributed by atoms with Crippen LogP contribution in [0.3, 0.4) is 0 Å². The van der Waals surface area contributed by atoms with Crippen LogP contribution < -0.4 is 15.8 Å². The third-order valence-electron chi connectivity index (χ3n) is 3.49. The Morgan fingerprint density at radius 3 is 2.43 bits per heavy atom. The molecule has 0 fully saturated rings. The number of para-hydroxylation sites is 1. The van der Waals surface area contributed by atoms with E-state index in [1.54, 1.807) is 24.3 Å². The Hall–Kier alpha value is -2.82. The lowest BCUT2D eigenvalue weighted by atomic mass is 10.0. The molecule has 23 heavy (non-hydrogen) atoms. The third kappa shape index (κ3) is 4.85. The molecule has 0 heterocycles. The van der Waals surface area contributed by atoms with E-state index < -0.39 is 5.91 Å². The fraction of sp³-hybridized carbons (Fsp3) is 0.222. The van der Waals surface area contributed by atoms with Gasteiger partial charge in [0, 0.05) is 6.54 Å². The van der Waals surface area contributed by atoms with Gasteiger partial charge in [-0.25, -0.2) is 0 Å². The largest absolute Gasteiger partial charge is 0.483 e. The Labute approximate surface area is 135 Å². The summed E-state index contributed by atoms with van der Waals surface area (Å²) >= 11 is 0. The lowest BCUT2D eigenvalue weighted by Crippen LogP contribution is -2.32. The zero-order valence-electron chi connectivity index (χ0n) is 13.0. The van der Waals surface area contributed by atoms with E-state index in [1.165, 1.54) is 0 Å². The fourth-order valence-corrected chi connectivity index (χ4v) is 2.16. The predicted molar refractivity (Wildman–Crippen MR) is 88.3 cm³/mol. The molecule has 2 aromatic carbocycles. The Kier molecular flexibility index (Phi) is 5.74. The van der Waals surface area contributed by atoms with E-state index in [0.29, 0.717) is 12.3 Å². The summed E-state index contributed by atoms with van der Waals surface area (Å²) in [4.78, 5) is 23.2. The Balaban J connectivity index is 1.83. The molecule has 0 saturated heterocycles. The van der Waals surface area contributed by atoms with Gasteiger partial charge in [0.15, 0.2) is 6.61 Å². The van der Waals surface area contributed by atoms with Gasteiger partial charge in [-0.2, -0.15) is 0 Å². The first kappa shape index (κ1) is 16.5. The van der Waals surface area contributed by atoms with Gasteiger partial charge in [-0.1, -0.05) is 49.4 Å². The second-order valence-electron chi connectivity index (χ2n) is 5.26. The van der Waals surface area contributed by atoms with Crippen molar-refractivity contribution in [3.63, 3.8) is 0 Å². The molecule has 0 aliphatic heterocycles. The number of amides is 2. The summed E-state index contributed by atoms with van der Waals surface area (Å²) < 4.78 is 5.39. The average molecular weight is 312 g/mol. The van der Waals surface area contributed by atoms with Crippen molar-refractivity contribution in [1.29, 1.82) is 0 Å². The highest BCUT2D eigenvalue weighted by molar-refractivity contribution is 5.95. The molecule has 0 radical (unpaired) electrons. The van der Waals surface area contributed by atoms with Gasteiger partial charge >= 0.3 is 0 Å². The van der Waals surface area contributed by atoms with Crippen molar-refractivity contribution in [3.8, 4) is 5.75 Å². The smallest absolute Gasteiger partial charge is 0.257 e. The number of nitrogens with one attached hydrogen (secondary N) is 1. The Bertz CT molecular complexity index is 671. The number of hydrogen-bond donors (Lipinski definition) is 2. The second-order valence-corrected chi connectivity index (χ2v) is 5.26. The highest BCUT2D eigenvalue weighted by Gasteiger charge is 2.11. The molecule has 0 unspecified atom stereocenters. The number of hydrogen-bond acceptors (Lipinski definition) is 3. The van der Waals surface area contributed by atoms with E-state index in [2.05, 4.69) is 5.32 Å². The molecule has 5 heteroatoms. The minimum absolute atomic E-state index is 0.161. The van der Waals surface area contributed by atoms with Crippen molar-refractivity contribution < 1.29 is 14.3 Å². The van der Waals surface area contributed by atoms with Gasteiger partial charge in [-0.3, -0.25) is 9.59 Å². The number of primary amides is 1. The summed E-state index contributed by atoms with van der Waals surface area (Å²) in [5.74, 6) is -0.310. The maximum absolute atomic E-state index is 11.9. The number of carbonyl (C=O) groups excluding carboxylic acids is 2. The summed E-state index contributed by atoms with van der Waals surface area (Å²) in [6, 6.07) is 16.5. The molecule has 0 spiro atoms. The number of nitrogens with two attached hydrogens (primary N) is 1. The summed E-state index contributed by atoms with van der Waals surface area (Å²) in [6.45, 7) is 2.40. The average Bonchev–Trinajstić information content (AvgIpc) is 2.58.